The van der Waals surface area contributed by atoms with Gasteiger partial charge in [-0.25, -0.2) is 0 Å². The molecule has 0 bridgehead atoms. The van der Waals surface area contributed by atoms with Crippen molar-refractivity contribution in [3.8, 4) is 11.1 Å². The van der Waals surface area contributed by atoms with E-state index >= 15 is 0 Å². The Morgan fingerprint density at radius 2 is 1.32 bits per heavy atom. The smallest absolute Gasteiger partial charge is 0.195 e. The zero-order chi connectivity index (χ0) is 17.1. The second-order valence-electron chi connectivity index (χ2n) is 7.40. The van der Waals surface area contributed by atoms with Crippen molar-refractivity contribution in [2.75, 3.05) is 0 Å². The Balaban J connectivity index is 1.93. The van der Waals surface area contributed by atoms with Crippen LogP contribution in [0.2, 0.25) is 0 Å². The Labute approximate surface area is 149 Å². The molecule has 1 aliphatic heterocycles. The SMILES string of the molecule is Cc1ccc(C)[n+]2c1C(=C1c3ccccc3-c3ccccc31)C(C)C2. The molecular formula is C24H22N+. The van der Waals surface area contributed by atoms with Crippen molar-refractivity contribution in [1.82, 2.24) is 0 Å². The minimum atomic E-state index is 0.522. The monoisotopic (exact) mass is 324 g/mol. The first-order valence-electron chi connectivity index (χ1n) is 9.10. The number of pyridine rings is 1. The van der Waals surface area contributed by atoms with Gasteiger partial charge in [-0.2, -0.15) is 4.57 Å². The van der Waals surface area contributed by atoms with E-state index in [9.17, 15) is 0 Å². The Bertz CT molecular complexity index is 1010. The highest BCUT2D eigenvalue weighted by atomic mass is 15.0. The summed E-state index contributed by atoms with van der Waals surface area (Å²) in [5, 5.41) is 0. The van der Waals surface area contributed by atoms with Crippen LogP contribution < -0.4 is 4.57 Å². The lowest BCUT2D eigenvalue weighted by Crippen LogP contribution is -2.37. The zero-order valence-electron chi connectivity index (χ0n) is 15.0. The van der Waals surface area contributed by atoms with Crippen LogP contribution in [-0.2, 0) is 6.54 Å². The summed E-state index contributed by atoms with van der Waals surface area (Å²) in [6.07, 6.45) is 0. The minimum Gasteiger partial charge on any atom is -0.195 e. The standard InChI is InChI=1S/C24H22N/c1-15-12-13-17(3)25-14-16(2)22(24(15)25)23-20-10-6-4-8-18(20)19-9-5-7-11-21(19)23/h4-13,16H,14H2,1-3H3/q+1. The molecule has 0 radical (unpaired) electrons. The summed E-state index contributed by atoms with van der Waals surface area (Å²) in [4.78, 5) is 0. The average Bonchev–Trinajstić information content (AvgIpc) is 3.14. The van der Waals surface area contributed by atoms with Crippen molar-refractivity contribution in [2.45, 2.75) is 27.3 Å². The van der Waals surface area contributed by atoms with E-state index in [1.165, 1.54) is 50.4 Å². The molecule has 5 rings (SSSR count). The van der Waals surface area contributed by atoms with E-state index in [1.54, 1.807) is 0 Å². The lowest BCUT2D eigenvalue weighted by Gasteiger charge is -2.10. The quantitative estimate of drug-likeness (QED) is 0.392. The number of hydrogen-bond acceptors (Lipinski definition) is 0. The van der Waals surface area contributed by atoms with Gasteiger partial charge < -0.3 is 0 Å². The number of hydrogen-bond donors (Lipinski definition) is 0. The maximum Gasteiger partial charge on any atom is 0.212 e. The predicted octanol–water partition coefficient (Wildman–Crippen LogP) is 5.18. The summed E-state index contributed by atoms with van der Waals surface area (Å²) in [6, 6.07) is 22.3. The van der Waals surface area contributed by atoms with Crippen LogP contribution in [0.1, 0.15) is 35.0 Å². The summed E-state index contributed by atoms with van der Waals surface area (Å²) in [5.41, 5.74) is 12.6. The summed E-state index contributed by atoms with van der Waals surface area (Å²) in [6.45, 7) is 7.92. The van der Waals surface area contributed by atoms with Crippen molar-refractivity contribution in [2.24, 2.45) is 5.92 Å². The highest BCUT2D eigenvalue weighted by molar-refractivity contribution is 6.10. The van der Waals surface area contributed by atoms with Crippen LogP contribution in [0.25, 0.3) is 22.3 Å². The van der Waals surface area contributed by atoms with Crippen LogP contribution in [0.15, 0.2) is 60.7 Å². The molecule has 1 unspecified atom stereocenters. The van der Waals surface area contributed by atoms with Crippen LogP contribution in [-0.4, -0.2) is 0 Å². The van der Waals surface area contributed by atoms with Gasteiger partial charge in [0.25, 0.3) is 0 Å². The molecule has 1 aliphatic carbocycles. The molecule has 0 saturated heterocycles. The Kier molecular flexibility index (Phi) is 3.03. The molecule has 1 nitrogen and oxygen atoms in total. The van der Waals surface area contributed by atoms with Crippen LogP contribution >= 0.6 is 0 Å². The van der Waals surface area contributed by atoms with Crippen molar-refractivity contribution in [3.63, 3.8) is 0 Å². The van der Waals surface area contributed by atoms with Crippen molar-refractivity contribution in [3.05, 3.63) is 88.7 Å². The van der Waals surface area contributed by atoms with Gasteiger partial charge in [0.05, 0.1) is 0 Å². The molecule has 1 heteroatoms. The van der Waals surface area contributed by atoms with E-state index < -0.39 is 0 Å². The molecule has 0 fully saturated rings. The van der Waals surface area contributed by atoms with Gasteiger partial charge in [-0.1, -0.05) is 55.5 Å². The predicted molar refractivity (Wildman–Crippen MR) is 103 cm³/mol. The fraction of sp³-hybridized carbons (Fsp3) is 0.208. The summed E-state index contributed by atoms with van der Waals surface area (Å²) in [7, 11) is 0. The number of rotatable bonds is 0. The van der Waals surface area contributed by atoms with E-state index in [-0.39, 0.29) is 0 Å². The molecule has 1 aromatic heterocycles. The molecule has 0 N–H and O–H groups in total. The van der Waals surface area contributed by atoms with E-state index in [2.05, 4.69) is 86.0 Å². The molecule has 0 saturated carbocycles. The van der Waals surface area contributed by atoms with Crippen molar-refractivity contribution in [1.29, 1.82) is 0 Å². The summed E-state index contributed by atoms with van der Waals surface area (Å²) < 4.78 is 2.51. The number of aromatic nitrogens is 1. The highest BCUT2D eigenvalue weighted by Crippen LogP contribution is 2.49. The van der Waals surface area contributed by atoms with Gasteiger partial charge in [-0.15, -0.1) is 0 Å². The number of allylic oxidation sites excluding steroid dienone is 1. The minimum absolute atomic E-state index is 0.522. The van der Waals surface area contributed by atoms with Gasteiger partial charge in [0.2, 0.25) is 5.69 Å². The summed E-state index contributed by atoms with van der Waals surface area (Å²) >= 11 is 0. The number of aryl methyl sites for hydroxylation is 2. The third kappa shape index (κ3) is 1.93. The topological polar surface area (TPSA) is 3.88 Å². The van der Waals surface area contributed by atoms with Gasteiger partial charge >= 0.3 is 0 Å². The molecule has 2 heterocycles. The van der Waals surface area contributed by atoms with Gasteiger partial charge in [0.1, 0.15) is 0 Å². The molecule has 2 aromatic carbocycles. The molecule has 3 aromatic rings. The highest BCUT2D eigenvalue weighted by Gasteiger charge is 2.39. The molecule has 1 atom stereocenters. The Morgan fingerprint density at radius 1 is 0.760 bits per heavy atom. The van der Waals surface area contributed by atoms with E-state index in [0.29, 0.717) is 5.92 Å². The lowest BCUT2D eigenvalue weighted by atomic mass is 9.89. The average molecular weight is 324 g/mol. The third-order valence-corrected chi connectivity index (χ3v) is 5.80. The molecule has 0 spiro atoms. The Hall–Kier alpha value is -2.67. The molecule has 25 heavy (non-hydrogen) atoms. The van der Waals surface area contributed by atoms with E-state index in [0.717, 1.165) is 6.54 Å². The van der Waals surface area contributed by atoms with Gasteiger partial charge in [0.15, 0.2) is 12.2 Å². The third-order valence-electron chi connectivity index (χ3n) is 5.80. The number of fused-ring (bicyclic) bond motifs is 4. The number of benzene rings is 2. The second kappa shape index (κ2) is 5.16. The first-order valence-corrected chi connectivity index (χ1v) is 9.10. The maximum atomic E-state index is 2.51. The lowest BCUT2D eigenvalue weighted by molar-refractivity contribution is -0.699. The molecular weight excluding hydrogens is 302 g/mol. The van der Waals surface area contributed by atoms with Gasteiger partial charge in [-0.05, 0) is 35.2 Å². The molecule has 0 amide bonds. The molecule has 2 aliphatic rings. The fourth-order valence-corrected chi connectivity index (χ4v) is 4.67. The van der Waals surface area contributed by atoms with Crippen molar-refractivity contribution >= 4 is 11.1 Å². The first kappa shape index (κ1) is 14.7. The van der Waals surface area contributed by atoms with Crippen LogP contribution in [0.4, 0.5) is 0 Å². The Morgan fingerprint density at radius 3 is 1.92 bits per heavy atom. The fourth-order valence-electron chi connectivity index (χ4n) is 4.67. The second-order valence-corrected chi connectivity index (χ2v) is 7.40. The van der Waals surface area contributed by atoms with E-state index in [4.69, 9.17) is 0 Å². The van der Waals surface area contributed by atoms with Crippen LogP contribution in [0.3, 0.4) is 0 Å². The van der Waals surface area contributed by atoms with Crippen molar-refractivity contribution < 1.29 is 4.57 Å². The summed E-state index contributed by atoms with van der Waals surface area (Å²) in [5.74, 6) is 0.522. The number of nitrogens with zero attached hydrogens (tertiary/aromatic N) is 1. The molecule has 122 valence electrons. The maximum absolute atomic E-state index is 2.51. The van der Waals surface area contributed by atoms with E-state index in [1.807, 2.05) is 0 Å². The largest absolute Gasteiger partial charge is 0.212 e. The normalized spacial score (nSPS) is 17.5. The first-order chi connectivity index (χ1) is 12.2. The van der Waals surface area contributed by atoms with Gasteiger partial charge in [-0.3, -0.25) is 0 Å². The van der Waals surface area contributed by atoms with Crippen LogP contribution in [0.5, 0.6) is 0 Å². The zero-order valence-corrected chi connectivity index (χ0v) is 15.0. The van der Waals surface area contributed by atoms with Gasteiger partial charge in [0, 0.05) is 35.6 Å². The van der Waals surface area contributed by atoms with Crippen LogP contribution in [0, 0.1) is 19.8 Å².